The van der Waals surface area contributed by atoms with Crippen LogP contribution in [0.4, 0.5) is 0 Å². The van der Waals surface area contributed by atoms with Crippen LogP contribution in [-0.2, 0) is 6.42 Å². The highest BCUT2D eigenvalue weighted by Gasteiger charge is 2.20. The molecule has 3 heteroatoms. The fraction of sp³-hybridized carbons (Fsp3) is 0.571. The molecule has 1 N–H and O–H groups in total. The minimum atomic E-state index is 0.680. The highest BCUT2D eigenvalue weighted by molar-refractivity contribution is 9.10. The molecule has 1 fully saturated rings. The normalized spacial score (nSPS) is 17.1. The number of benzene rings is 1. The molecule has 1 unspecified atom stereocenters. The molecule has 0 amide bonds. The first kappa shape index (κ1) is 13.4. The zero-order valence-electron chi connectivity index (χ0n) is 10.2. The van der Waals surface area contributed by atoms with Crippen LogP contribution in [0.3, 0.4) is 0 Å². The molecule has 0 bridgehead atoms. The fourth-order valence-electron chi connectivity index (χ4n) is 1.99. The Labute approximate surface area is 117 Å². The number of nitrogens with one attached hydrogen (secondary N) is 1. The van der Waals surface area contributed by atoms with Crippen molar-refractivity contribution in [3.05, 3.63) is 33.3 Å². The van der Waals surface area contributed by atoms with Gasteiger partial charge < -0.3 is 5.32 Å². The van der Waals surface area contributed by atoms with Crippen molar-refractivity contribution in [2.45, 2.75) is 38.6 Å². The van der Waals surface area contributed by atoms with E-state index in [9.17, 15) is 0 Å². The second-order valence-electron chi connectivity index (χ2n) is 5.06. The molecule has 1 nitrogen and oxygen atoms in total. The van der Waals surface area contributed by atoms with Crippen molar-refractivity contribution >= 4 is 27.5 Å². The molecule has 2 rings (SSSR count). The zero-order valence-corrected chi connectivity index (χ0v) is 12.5. The summed E-state index contributed by atoms with van der Waals surface area (Å²) in [7, 11) is 0. The maximum Gasteiger partial charge on any atom is 0.0449 e. The standard InChI is InChI=1S/C14H19BrClN/c1-10(6-7-17-13-4-5-13)8-11-2-3-12(15)9-14(11)16/h2-3,9-10,13,17H,4-8H2,1H3. The maximum absolute atomic E-state index is 6.22. The smallest absolute Gasteiger partial charge is 0.0449 e. The Bertz CT molecular complexity index is 376. The molecule has 0 heterocycles. The van der Waals surface area contributed by atoms with E-state index < -0.39 is 0 Å². The lowest BCUT2D eigenvalue weighted by molar-refractivity contribution is 0.497. The Morgan fingerprint density at radius 1 is 1.47 bits per heavy atom. The monoisotopic (exact) mass is 315 g/mol. The second-order valence-corrected chi connectivity index (χ2v) is 6.38. The van der Waals surface area contributed by atoms with Gasteiger partial charge in [-0.05, 0) is 55.8 Å². The van der Waals surface area contributed by atoms with Crippen molar-refractivity contribution in [2.75, 3.05) is 6.54 Å². The van der Waals surface area contributed by atoms with Gasteiger partial charge in [0.05, 0.1) is 0 Å². The fourth-order valence-corrected chi connectivity index (χ4v) is 2.74. The quantitative estimate of drug-likeness (QED) is 0.819. The highest BCUT2D eigenvalue weighted by atomic mass is 79.9. The van der Waals surface area contributed by atoms with Gasteiger partial charge in [-0.15, -0.1) is 0 Å². The Balaban J connectivity index is 1.77. The average molecular weight is 317 g/mol. The largest absolute Gasteiger partial charge is 0.314 e. The molecule has 0 spiro atoms. The summed E-state index contributed by atoms with van der Waals surface area (Å²) in [5.74, 6) is 0.680. The van der Waals surface area contributed by atoms with E-state index in [2.05, 4.69) is 40.3 Å². The van der Waals surface area contributed by atoms with Crippen molar-refractivity contribution in [1.29, 1.82) is 0 Å². The molecule has 1 saturated carbocycles. The predicted molar refractivity (Wildman–Crippen MR) is 77.7 cm³/mol. The van der Waals surface area contributed by atoms with Crippen LogP contribution in [-0.4, -0.2) is 12.6 Å². The lowest BCUT2D eigenvalue weighted by Gasteiger charge is -2.13. The molecule has 94 valence electrons. The van der Waals surface area contributed by atoms with Crippen LogP contribution in [0.25, 0.3) is 0 Å². The van der Waals surface area contributed by atoms with Gasteiger partial charge in [-0.1, -0.05) is 40.5 Å². The van der Waals surface area contributed by atoms with Crippen LogP contribution in [0.2, 0.25) is 5.02 Å². The Kier molecular flexibility index (Phi) is 4.89. The van der Waals surface area contributed by atoms with Crippen LogP contribution >= 0.6 is 27.5 Å². The van der Waals surface area contributed by atoms with Crippen LogP contribution < -0.4 is 5.32 Å². The van der Waals surface area contributed by atoms with Crippen molar-refractivity contribution in [3.8, 4) is 0 Å². The van der Waals surface area contributed by atoms with Gasteiger partial charge in [0.2, 0.25) is 0 Å². The van der Waals surface area contributed by atoms with E-state index in [1.54, 1.807) is 0 Å². The number of rotatable bonds is 6. The first-order valence-electron chi connectivity index (χ1n) is 6.32. The lowest BCUT2D eigenvalue weighted by Crippen LogP contribution is -2.20. The van der Waals surface area contributed by atoms with Crippen LogP contribution in [0.15, 0.2) is 22.7 Å². The Hall–Kier alpha value is -0.0500. The third-order valence-corrected chi connectivity index (χ3v) is 4.08. The summed E-state index contributed by atoms with van der Waals surface area (Å²) in [6.07, 6.45) is 5.03. The topological polar surface area (TPSA) is 12.0 Å². The molecular weight excluding hydrogens is 298 g/mol. The third-order valence-electron chi connectivity index (χ3n) is 3.23. The molecule has 1 aromatic carbocycles. The molecule has 0 aliphatic heterocycles. The molecule has 17 heavy (non-hydrogen) atoms. The molecule has 0 aromatic heterocycles. The Morgan fingerprint density at radius 3 is 2.88 bits per heavy atom. The van der Waals surface area contributed by atoms with Crippen molar-refractivity contribution in [2.24, 2.45) is 5.92 Å². The molecular formula is C14H19BrClN. The van der Waals surface area contributed by atoms with Gasteiger partial charge in [0.1, 0.15) is 0 Å². The lowest BCUT2D eigenvalue weighted by atomic mass is 9.98. The van der Waals surface area contributed by atoms with Crippen LogP contribution in [0.5, 0.6) is 0 Å². The zero-order chi connectivity index (χ0) is 12.3. The molecule has 1 aromatic rings. The molecule has 1 aliphatic rings. The van der Waals surface area contributed by atoms with E-state index in [1.807, 2.05) is 6.07 Å². The number of halogens is 2. The third kappa shape index (κ3) is 4.61. The van der Waals surface area contributed by atoms with Crippen molar-refractivity contribution in [3.63, 3.8) is 0 Å². The van der Waals surface area contributed by atoms with E-state index in [0.717, 1.165) is 28.5 Å². The maximum atomic E-state index is 6.22. The number of hydrogen-bond donors (Lipinski definition) is 1. The minimum absolute atomic E-state index is 0.680. The first-order chi connectivity index (χ1) is 8.15. The molecule has 0 saturated heterocycles. The van der Waals surface area contributed by atoms with E-state index in [1.165, 1.54) is 24.8 Å². The van der Waals surface area contributed by atoms with Crippen LogP contribution in [0.1, 0.15) is 31.7 Å². The van der Waals surface area contributed by atoms with Crippen molar-refractivity contribution < 1.29 is 0 Å². The highest BCUT2D eigenvalue weighted by Crippen LogP contribution is 2.24. The van der Waals surface area contributed by atoms with Gasteiger partial charge in [-0.2, -0.15) is 0 Å². The summed E-state index contributed by atoms with van der Waals surface area (Å²) >= 11 is 9.66. The van der Waals surface area contributed by atoms with E-state index in [0.29, 0.717) is 5.92 Å². The van der Waals surface area contributed by atoms with E-state index in [-0.39, 0.29) is 0 Å². The summed E-state index contributed by atoms with van der Waals surface area (Å²) < 4.78 is 1.05. The molecule has 0 radical (unpaired) electrons. The summed E-state index contributed by atoms with van der Waals surface area (Å²) in [5, 5.41) is 4.43. The summed E-state index contributed by atoms with van der Waals surface area (Å²) in [4.78, 5) is 0. The SMILES string of the molecule is CC(CCNC1CC1)Cc1ccc(Br)cc1Cl. The van der Waals surface area contributed by atoms with Gasteiger partial charge in [0.25, 0.3) is 0 Å². The average Bonchev–Trinajstić information content (AvgIpc) is 3.06. The molecule has 1 atom stereocenters. The molecule has 1 aliphatic carbocycles. The predicted octanol–water partition coefficient (Wildman–Crippen LogP) is 4.42. The first-order valence-corrected chi connectivity index (χ1v) is 7.49. The Morgan fingerprint density at radius 2 is 2.24 bits per heavy atom. The number of hydrogen-bond acceptors (Lipinski definition) is 1. The van der Waals surface area contributed by atoms with E-state index in [4.69, 9.17) is 11.6 Å². The van der Waals surface area contributed by atoms with Gasteiger partial charge in [0, 0.05) is 15.5 Å². The summed E-state index contributed by atoms with van der Waals surface area (Å²) in [6.45, 7) is 3.44. The van der Waals surface area contributed by atoms with Gasteiger partial charge in [0.15, 0.2) is 0 Å². The van der Waals surface area contributed by atoms with E-state index >= 15 is 0 Å². The van der Waals surface area contributed by atoms with Gasteiger partial charge in [-0.25, -0.2) is 0 Å². The van der Waals surface area contributed by atoms with Gasteiger partial charge in [-0.3, -0.25) is 0 Å². The van der Waals surface area contributed by atoms with Crippen LogP contribution in [0, 0.1) is 5.92 Å². The second kappa shape index (κ2) is 6.21. The minimum Gasteiger partial charge on any atom is -0.314 e. The van der Waals surface area contributed by atoms with Crippen molar-refractivity contribution in [1.82, 2.24) is 5.32 Å². The summed E-state index contributed by atoms with van der Waals surface area (Å²) in [5.41, 5.74) is 1.26. The van der Waals surface area contributed by atoms with Gasteiger partial charge >= 0.3 is 0 Å². The summed E-state index contributed by atoms with van der Waals surface area (Å²) in [6, 6.07) is 6.98.